The molecule has 10 nitrogen and oxygen atoms in total. The van der Waals surface area contributed by atoms with Gasteiger partial charge < -0.3 is 10.1 Å². The number of para-hydroxylation sites is 1. The van der Waals surface area contributed by atoms with Crippen molar-refractivity contribution < 1.29 is 14.5 Å². The number of carbonyl (C=O) groups is 1. The molecule has 2 heterocycles. The maximum atomic E-state index is 12.2. The highest BCUT2D eigenvalue weighted by Crippen LogP contribution is 2.38. The monoisotopic (exact) mass is 316 g/mol. The highest BCUT2D eigenvalue weighted by Gasteiger charge is 2.37. The van der Waals surface area contributed by atoms with Crippen molar-refractivity contribution in [3.63, 3.8) is 0 Å². The van der Waals surface area contributed by atoms with Crippen molar-refractivity contribution in [1.29, 1.82) is 0 Å². The lowest BCUT2D eigenvalue weighted by Gasteiger charge is -2.26. The van der Waals surface area contributed by atoms with Gasteiger partial charge >= 0.3 is 5.97 Å². The number of nitro benzene ring substituents is 1. The molecule has 23 heavy (non-hydrogen) atoms. The molecule has 0 radical (unpaired) electrons. The molecule has 1 unspecified atom stereocenters. The summed E-state index contributed by atoms with van der Waals surface area (Å²) >= 11 is 0. The van der Waals surface area contributed by atoms with Gasteiger partial charge in [0.1, 0.15) is 6.04 Å². The average molecular weight is 316 g/mol. The fourth-order valence-corrected chi connectivity index (χ4v) is 2.56. The van der Waals surface area contributed by atoms with Crippen LogP contribution in [0.3, 0.4) is 0 Å². The van der Waals surface area contributed by atoms with Gasteiger partial charge in [-0.2, -0.15) is 4.68 Å². The van der Waals surface area contributed by atoms with Crippen LogP contribution in [-0.4, -0.2) is 38.2 Å². The largest absolute Gasteiger partial charge is 0.466 e. The molecular formula is C13H12N6O4. The number of allylic oxidation sites excluding steroid dienone is 1. The number of rotatable bonds is 3. The van der Waals surface area contributed by atoms with Crippen molar-refractivity contribution in [2.45, 2.75) is 13.0 Å². The maximum Gasteiger partial charge on any atom is 0.338 e. The van der Waals surface area contributed by atoms with Gasteiger partial charge in [0.15, 0.2) is 0 Å². The van der Waals surface area contributed by atoms with Gasteiger partial charge in [-0.3, -0.25) is 10.1 Å². The molecular weight excluding hydrogens is 304 g/mol. The highest BCUT2D eigenvalue weighted by atomic mass is 16.6. The highest BCUT2D eigenvalue weighted by molar-refractivity contribution is 5.92. The molecule has 0 spiro atoms. The summed E-state index contributed by atoms with van der Waals surface area (Å²) in [4.78, 5) is 23.0. The lowest BCUT2D eigenvalue weighted by molar-refractivity contribution is -0.385. The Balaban J connectivity index is 2.26. The van der Waals surface area contributed by atoms with Gasteiger partial charge in [0.05, 0.1) is 23.2 Å². The number of hydrogen-bond acceptors (Lipinski definition) is 8. The van der Waals surface area contributed by atoms with Crippen LogP contribution in [0.4, 0.5) is 11.6 Å². The first-order valence-corrected chi connectivity index (χ1v) is 6.62. The van der Waals surface area contributed by atoms with Crippen LogP contribution in [0.15, 0.2) is 35.5 Å². The van der Waals surface area contributed by atoms with Crippen LogP contribution in [0, 0.1) is 10.1 Å². The minimum absolute atomic E-state index is 0.130. The summed E-state index contributed by atoms with van der Waals surface area (Å²) < 4.78 is 6.14. The summed E-state index contributed by atoms with van der Waals surface area (Å²) in [5.74, 6) is -0.322. The molecule has 0 bridgehead atoms. The Bertz CT molecular complexity index is 827. The number of fused-ring (bicyclic) bond motifs is 1. The number of nitrogens with one attached hydrogen (secondary N) is 1. The van der Waals surface area contributed by atoms with Crippen LogP contribution in [0.1, 0.15) is 18.5 Å². The summed E-state index contributed by atoms with van der Waals surface area (Å²) in [6, 6.07) is 5.28. The second-order valence-corrected chi connectivity index (χ2v) is 4.82. The number of tetrazole rings is 1. The number of nitrogens with zero attached hydrogens (tertiary/aromatic N) is 5. The molecule has 0 aliphatic carbocycles. The maximum absolute atomic E-state index is 12.2. The van der Waals surface area contributed by atoms with Crippen molar-refractivity contribution in [1.82, 2.24) is 20.2 Å². The molecule has 0 saturated carbocycles. The molecule has 1 aliphatic rings. The molecule has 1 N–H and O–H groups in total. The number of ether oxygens (including phenoxy) is 1. The molecule has 1 atom stereocenters. The van der Waals surface area contributed by atoms with E-state index in [0.717, 1.165) is 0 Å². The third-order valence-electron chi connectivity index (χ3n) is 3.55. The van der Waals surface area contributed by atoms with Crippen molar-refractivity contribution in [3.05, 3.63) is 51.2 Å². The fraction of sp³-hybridized carbons (Fsp3) is 0.231. The number of methoxy groups -OCH3 is 1. The molecule has 0 fully saturated rings. The lowest BCUT2D eigenvalue weighted by Crippen LogP contribution is -2.29. The number of esters is 1. The fourth-order valence-electron chi connectivity index (χ4n) is 2.56. The number of nitro groups is 1. The van der Waals surface area contributed by atoms with E-state index in [4.69, 9.17) is 4.74 Å². The summed E-state index contributed by atoms with van der Waals surface area (Å²) in [5, 5.41) is 25.4. The molecule has 3 rings (SSSR count). The molecule has 1 aromatic carbocycles. The Kier molecular flexibility index (Phi) is 3.48. The van der Waals surface area contributed by atoms with Crippen molar-refractivity contribution in [3.8, 4) is 0 Å². The third-order valence-corrected chi connectivity index (χ3v) is 3.55. The molecule has 118 valence electrons. The Morgan fingerprint density at radius 3 is 2.87 bits per heavy atom. The first kappa shape index (κ1) is 14.6. The van der Waals surface area contributed by atoms with Crippen LogP contribution < -0.4 is 5.32 Å². The zero-order valence-corrected chi connectivity index (χ0v) is 12.3. The summed E-state index contributed by atoms with van der Waals surface area (Å²) in [6.45, 7) is 1.66. The second kappa shape index (κ2) is 5.48. The number of carbonyl (C=O) groups excluding carboxylic acids is 1. The molecule has 0 amide bonds. The van der Waals surface area contributed by atoms with Crippen LogP contribution in [-0.2, 0) is 9.53 Å². The second-order valence-electron chi connectivity index (χ2n) is 4.82. The standard InChI is InChI=1S/C13H12N6O4/c1-7-10(12(20)23-2)11(18-13(14-7)15-16-17-18)8-5-3-4-6-9(8)19(21)22/h3-6,11H,1-2H3,(H,14,15,17). The van der Waals surface area contributed by atoms with Crippen molar-refractivity contribution in [2.24, 2.45) is 0 Å². The quantitative estimate of drug-likeness (QED) is 0.506. The van der Waals surface area contributed by atoms with E-state index in [1.165, 1.54) is 17.9 Å². The van der Waals surface area contributed by atoms with Crippen LogP contribution in [0.2, 0.25) is 0 Å². The topological polar surface area (TPSA) is 125 Å². The number of benzene rings is 1. The molecule has 1 aliphatic heterocycles. The van der Waals surface area contributed by atoms with Gasteiger partial charge in [0.2, 0.25) is 5.95 Å². The number of anilines is 1. The minimum atomic E-state index is -0.852. The van der Waals surface area contributed by atoms with Crippen molar-refractivity contribution in [2.75, 3.05) is 12.4 Å². The van der Waals surface area contributed by atoms with Gasteiger partial charge in [-0.05, 0) is 23.4 Å². The predicted octanol–water partition coefficient (Wildman–Crippen LogP) is 1.04. The van der Waals surface area contributed by atoms with Crippen LogP contribution >= 0.6 is 0 Å². The lowest BCUT2D eigenvalue weighted by atomic mass is 9.94. The van der Waals surface area contributed by atoms with E-state index >= 15 is 0 Å². The predicted molar refractivity (Wildman–Crippen MR) is 77.4 cm³/mol. The first-order valence-electron chi connectivity index (χ1n) is 6.62. The molecule has 0 saturated heterocycles. The molecule has 1 aromatic heterocycles. The van der Waals surface area contributed by atoms with Crippen LogP contribution in [0.5, 0.6) is 0 Å². The van der Waals surface area contributed by atoms with Crippen LogP contribution in [0.25, 0.3) is 0 Å². The first-order chi connectivity index (χ1) is 11.0. The van der Waals surface area contributed by atoms with E-state index in [1.807, 2.05) is 0 Å². The Morgan fingerprint density at radius 2 is 2.17 bits per heavy atom. The molecule has 10 heteroatoms. The normalized spacial score (nSPS) is 16.5. The summed E-state index contributed by atoms with van der Waals surface area (Å²) in [5.41, 5.74) is 0.853. The molecule has 2 aromatic rings. The smallest absolute Gasteiger partial charge is 0.338 e. The Morgan fingerprint density at radius 1 is 1.43 bits per heavy atom. The van der Waals surface area contributed by atoms with Gasteiger partial charge in [-0.15, -0.1) is 0 Å². The van der Waals surface area contributed by atoms with Gasteiger partial charge in [-0.1, -0.05) is 17.2 Å². The number of aromatic nitrogens is 4. The zero-order valence-electron chi connectivity index (χ0n) is 12.3. The minimum Gasteiger partial charge on any atom is -0.466 e. The van der Waals surface area contributed by atoms with E-state index in [1.54, 1.807) is 25.1 Å². The van der Waals surface area contributed by atoms with Gasteiger partial charge in [-0.25, -0.2) is 4.79 Å². The van der Waals surface area contributed by atoms with E-state index in [2.05, 4.69) is 20.8 Å². The van der Waals surface area contributed by atoms with E-state index < -0.39 is 16.9 Å². The Labute approximate surface area is 129 Å². The van der Waals surface area contributed by atoms with Gasteiger partial charge in [0, 0.05) is 11.8 Å². The zero-order chi connectivity index (χ0) is 16.6. The van der Waals surface area contributed by atoms with E-state index in [-0.39, 0.29) is 11.3 Å². The summed E-state index contributed by atoms with van der Waals surface area (Å²) in [6.07, 6.45) is 0. The van der Waals surface area contributed by atoms with Crippen molar-refractivity contribution >= 4 is 17.6 Å². The number of hydrogen-bond donors (Lipinski definition) is 1. The SMILES string of the molecule is COC(=O)C1=C(C)Nc2nnnn2C1c1ccccc1[N+](=O)[O-]. The third kappa shape index (κ3) is 2.29. The van der Waals surface area contributed by atoms with Gasteiger partial charge in [0.25, 0.3) is 5.69 Å². The summed E-state index contributed by atoms with van der Waals surface area (Å²) in [7, 11) is 1.24. The van der Waals surface area contributed by atoms with E-state index in [9.17, 15) is 14.9 Å². The average Bonchev–Trinajstić information content (AvgIpc) is 3.00. The Hall–Kier alpha value is -3.30. The van der Waals surface area contributed by atoms with E-state index in [0.29, 0.717) is 17.2 Å².